The summed E-state index contributed by atoms with van der Waals surface area (Å²) in [6, 6.07) is 14.4. The van der Waals surface area contributed by atoms with Crippen molar-refractivity contribution in [3.05, 3.63) is 48.5 Å². The van der Waals surface area contributed by atoms with Gasteiger partial charge in [-0.15, -0.1) is 10.2 Å². The summed E-state index contributed by atoms with van der Waals surface area (Å²) in [5.41, 5.74) is 1.50. The SMILES string of the molecule is CCOC(=O)Cn1c(O)c(N=NC(=S)Nc2ccccc2OC)c2ccccc21. The molecule has 1 aromatic heterocycles. The van der Waals surface area contributed by atoms with E-state index in [1.54, 1.807) is 50.4 Å². The minimum atomic E-state index is -0.458. The summed E-state index contributed by atoms with van der Waals surface area (Å²) in [7, 11) is 1.56. The monoisotopic (exact) mass is 412 g/mol. The molecule has 1 heterocycles. The van der Waals surface area contributed by atoms with Crippen molar-refractivity contribution >= 4 is 45.6 Å². The molecule has 0 aliphatic carbocycles. The maximum absolute atomic E-state index is 11.9. The second-order valence-electron chi connectivity index (χ2n) is 5.91. The van der Waals surface area contributed by atoms with Crippen LogP contribution in [-0.4, -0.2) is 34.5 Å². The van der Waals surface area contributed by atoms with E-state index >= 15 is 0 Å². The van der Waals surface area contributed by atoms with Crippen LogP contribution in [0.25, 0.3) is 10.9 Å². The number of carbonyl (C=O) groups is 1. The first kappa shape index (κ1) is 20.3. The van der Waals surface area contributed by atoms with Crippen molar-refractivity contribution in [2.45, 2.75) is 13.5 Å². The summed E-state index contributed by atoms with van der Waals surface area (Å²) < 4.78 is 11.7. The van der Waals surface area contributed by atoms with Crippen LogP contribution in [0.3, 0.4) is 0 Å². The number of anilines is 1. The largest absolute Gasteiger partial charge is 0.495 e. The Hall–Kier alpha value is -3.46. The van der Waals surface area contributed by atoms with Crippen LogP contribution in [0.5, 0.6) is 11.6 Å². The first-order chi connectivity index (χ1) is 14.0. The summed E-state index contributed by atoms with van der Waals surface area (Å²) in [4.78, 5) is 11.9. The molecule has 8 nitrogen and oxygen atoms in total. The zero-order chi connectivity index (χ0) is 20.8. The number of esters is 1. The summed E-state index contributed by atoms with van der Waals surface area (Å²) in [5, 5.41) is 22.4. The Kier molecular flexibility index (Phi) is 6.40. The number of fused-ring (bicyclic) bond motifs is 1. The van der Waals surface area contributed by atoms with Gasteiger partial charge in [0.2, 0.25) is 11.0 Å². The molecule has 0 fully saturated rings. The third kappa shape index (κ3) is 4.52. The lowest BCUT2D eigenvalue weighted by Crippen LogP contribution is -2.12. The molecule has 0 aliphatic heterocycles. The number of hydrogen-bond acceptors (Lipinski definition) is 6. The minimum Gasteiger partial charge on any atom is -0.495 e. The molecule has 0 unspecified atom stereocenters. The Balaban J connectivity index is 1.88. The Morgan fingerprint density at radius 2 is 1.93 bits per heavy atom. The first-order valence-electron chi connectivity index (χ1n) is 8.86. The average molecular weight is 412 g/mol. The third-order valence-corrected chi connectivity index (χ3v) is 4.28. The molecule has 0 saturated carbocycles. The van der Waals surface area contributed by atoms with E-state index in [2.05, 4.69) is 15.5 Å². The number of nitrogens with zero attached hydrogens (tertiary/aromatic N) is 3. The van der Waals surface area contributed by atoms with E-state index in [0.717, 1.165) is 0 Å². The van der Waals surface area contributed by atoms with Crippen LogP contribution in [0.1, 0.15) is 6.92 Å². The van der Waals surface area contributed by atoms with Crippen molar-refractivity contribution < 1.29 is 19.4 Å². The summed E-state index contributed by atoms with van der Waals surface area (Å²) in [5.74, 6) is -0.0394. The number of hydrogen-bond donors (Lipinski definition) is 2. The number of carbonyl (C=O) groups excluding carboxylic acids is 1. The highest BCUT2D eigenvalue weighted by molar-refractivity contribution is 7.80. The maximum atomic E-state index is 11.9. The van der Waals surface area contributed by atoms with Crippen molar-refractivity contribution in [1.82, 2.24) is 4.57 Å². The topological polar surface area (TPSA) is 97.4 Å². The minimum absolute atomic E-state index is 0.0936. The standard InChI is InChI=1S/C20H20N4O4S/c1-3-28-17(25)12-24-15-10-6-4-8-13(15)18(19(24)26)22-23-20(29)21-14-9-5-7-11-16(14)27-2/h4-11,26H,3,12H2,1-2H3,(H,21,29). The Labute approximate surface area is 172 Å². The fraction of sp³-hybridized carbons (Fsp3) is 0.200. The van der Waals surface area contributed by atoms with Crippen molar-refractivity contribution in [2.75, 3.05) is 19.0 Å². The van der Waals surface area contributed by atoms with E-state index in [9.17, 15) is 9.90 Å². The van der Waals surface area contributed by atoms with Crippen LogP contribution < -0.4 is 10.1 Å². The molecule has 0 radical (unpaired) electrons. The fourth-order valence-corrected chi connectivity index (χ4v) is 3.00. The zero-order valence-corrected chi connectivity index (χ0v) is 16.8. The molecular formula is C20H20N4O4S. The van der Waals surface area contributed by atoms with Crippen LogP contribution in [0.15, 0.2) is 58.8 Å². The lowest BCUT2D eigenvalue weighted by atomic mass is 10.2. The predicted octanol–water partition coefficient (Wildman–Crippen LogP) is 4.40. The van der Waals surface area contributed by atoms with E-state index < -0.39 is 5.97 Å². The second-order valence-corrected chi connectivity index (χ2v) is 6.30. The molecule has 0 bridgehead atoms. The van der Waals surface area contributed by atoms with Crippen LogP contribution in [0.4, 0.5) is 11.4 Å². The van der Waals surface area contributed by atoms with Crippen molar-refractivity contribution in [1.29, 1.82) is 0 Å². The molecule has 150 valence electrons. The molecule has 2 N–H and O–H groups in total. The van der Waals surface area contributed by atoms with Crippen LogP contribution in [0.2, 0.25) is 0 Å². The highest BCUT2D eigenvalue weighted by Crippen LogP contribution is 2.38. The number of aromatic nitrogens is 1. The molecule has 0 saturated heterocycles. The van der Waals surface area contributed by atoms with Crippen molar-refractivity contribution in [3.8, 4) is 11.6 Å². The van der Waals surface area contributed by atoms with Gasteiger partial charge in [0, 0.05) is 5.39 Å². The van der Waals surface area contributed by atoms with E-state index in [1.807, 2.05) is 12.1 Å². The highest BCUT2D eigenvalue weighted by Gasteiger charge is 2.19. The molecule has 9 heteroatoms. The lowest BCUT2D eigenvalue weighted by Gasteiger charge is -2.08. The van der Waals surface area contributed by atoms with E-state index in [-0.39, 0.29) is 29.8 Å². The molecular weight excluding hydrogens is 392 g/mol. The van der Waals surface area contributed by atoms with Gasteiger partial charge >= 0.3 is 5.97 Å². The highest BCUT2D eigenvalue weighted by atomic mass is 32.1. The normalized spacial score (nSPS) is 11.0. The summed E-state index contributed by atoms with van der Waals surface area (Å²) in [6.07, 6.45) is 0. The van der Waals surface area contributed by atoms with Crippen LogP contribution >= 0.6 is 12.2 Å². The van der Waals surface area contributed by atoms with Gasteiger partial charge in [-0.3, -0.25) is 9.36 Å². The van der Waals surface area contributed by atoms with Gasteiger partial charge in [-0.2, -0.15) is 0 Å². The molecule has 0 aliphatic rings. The van der Waals surface area contributed by atoms with Gasteiger partial charge in [-0.05, 0) is 37.3 Å². The summed E-state index contributed by atoms with van der Waals surface area (Å²) >= 11 is 5.23. The van der Waals surface area contributed by atoms with Gasteiger partial charge in [-0.25, -0.2) is 0 Å². The van der Waals surface area contributed by atoms with Gasteiger partial charge in [0.05, 0.1) is 24.9 Å². The molecule has 2 aromatic carbocycles. The molecule has 0 spiro atoms. The quantitative estimate of drug-likeness (QED) is 0.354. The molecule has 0 amide bonds. The maximum Gasteiger partial charge on any atom is 0.326 e. The van der Waals surface area contributed by atoms with E-state index in [0.29, 0.717) is 22.3 Å². The second kappa shape index (κ2) is 9.16. The number of azo groups is 1. The number of para-hydroxylation sites is 3. The molecule has 29 heavy (non-hydrogen) atoms. The van der Waals surface area contributed by atoms with Gasteiger partial charge in [0.15, 0.2) is 5.69 Å². The molecule has 0 atom stereocenters. The smallest absolute Gasteiger partial charge is 0.326 e. The molecule has 3 rings (SSSR count). The predicted molar refractivity (Wildman–Crippen MR) is 114 cm³/mol. The Bertz CT molecular complexity index is 1080. The number of methoxy groups -OCH3 is 1. The van der Waals surface area contributed by atoms with Crippen LogP contribution in [-0.2, 0) is 16.1 Å². The first-order valence-corrected chi connectivity index (χ1v) is 9.27. The average Bonchev–Trinajstić information content (AvgIpc) is 2.98. The zero-order valence-electron chi connectivity index (χ0n) is 16.0. The molecule has 3 aromatic rings. The number of ether oxygens (including phenoxy) is 2. The fourth-order valence-electron chi connectivity index (χ4n) is 2.85. The number of thiocarbonyl (C=S) groups is 1. The number of rotatable bonds is 6. The van der Waals surface area contributed by atoms with Crippen molar-refractivity contribution in [2.24, 2.45) is 10.2 Å². The Morgan fingerprint density at radius 3 is 2.69 bits per heavy atom. The van der Waals surface area contributed by atoms with Crippen molar-refractivity contribution in [3.63, 3.8) is 0 Å². The van der Waals surface area contributed by atoms with Gasteiger partial charge in [0.25, 0.3) is 0 Å². The van der Waals surface area contributed by atoms with E-state index in [1.165, 1.54) is 4.57 Å². The van der Waals surface area contributed by atoms with E-state index in [4.69, 9.17) is 21.7 Å². The lowest BCUT2D eigenvalue weighted by molar-refractivity contribution is -0.143. The summed E-state index contributed by atoms with van der Waals surface area (Å²) in [6.45, 7) is 1.84. The number of nitrogens with one attached hydrogen (secondary N) is 1. The van der Waals surface area contributed by atoms with Gasteiger partial charge < -0.3 is 19.9 Å². The Morgan fingerprint density at radius 1 is 1.21 bits per heavy atom. The van der Waals surface area contributed by atoms with Gasteiger partial charge in [0.1, 0.15) is 12.3 Å². The number of benzene rings is 2. The number of aromatic hydroxyl groups is 1. The third-order valence-electron chi connectivity index (χ3n) is 4.10. The van der Waals surface area contributed by atoms with Crippen LogP contribution in [0, 0.1) is 0 Å². The van der Waals surface area contributed by atoms with Gasteiger partial charge in [-0.1, -0.05) is 30.3 Å².